The van der Waals surface area contributed by atoms with Crippen molar-refractivity contribution in [2.24, 2.45) is 11.7 Å². The minimum Gasteiger partial charge on any atom is -0.508 e. The second-order valence-corrected chi connectivity index (χ2v) is 26.4. The second kappa shape index (κ2) is 27.7. The largest absolute Gasteiger partial charge is 0.508 e. The highest BCUT2D eigenvalue weighted by Crippen LogP contribution is 2.41. The van der Waals surface area contributed by atoms with Crippen LogP contribution in [0.15, 0.2) is 118 Å². The van der Waals surface area contributed by atoms with Gasteiger partial charge < -0.3 is 42.3 Å². The second-order valence-electron chi connectivity index (χ2n) is 20.8. The smallest absolute Gasteiger partial charge is 0.331 e. The van der Waals surface area contributed by atoms with Gasteiger partial charge in [-0.3, -0.25) is 33.6 Å². The number of fused-ring (bicyclic) bond motifs is 14. The number of nitrogens with one attached hydrogen (secondary N) is 4. The van der Waals surface area contributed by atoms with Crippen molar-refractivity contribution in [3.05, 3.63) is 172 Å². The Bertz CT molecular complexity index is 4280. The van der Waals surface area contributed by atoms with Gasteiger partial charge >= 0.3 is 5.97 Å². The number of benzene rings is 2. The predicted molar refractivity (Wildman–Crippen MR) is 341 cm³/mol. The number of thiazole rings is 6. The van der Waals surface area contributed by atoms with Crippen LogP contribution in [0.1, 0.15) is 137 Å². The Kier molecular flexibility index (Phi) is 19.6. The van der Waals surface area contributed by atoms with Crippen LogP contribution in [0.5, 0.6) is 5.75 Å². The van der Waals surface area contributed by atoms with Gasteiger partial charge in [-0.15, -0.1) is 68.0 Å². The first-order valence-corrected chi connectivity index (χ1v) is 32.8. The highest BCUT2D eigenvalue weighted by molar-refractivity contribution is 7.15. The fourth-order valence-corrected chi connectivity index (χ4v) is 14.7. The molecular weight excluding hydrogens is 1270 g/mol. The topological polar surface area (TPSA) is 362 Å². The van der Waals surface area contributed by atoms with Crippen LogP contribution in [0.25, 0.3) is 43.4 Å². The Morgan fingerprint density at radius 1 is 0.700 bits per heavy atom. The number of aromatic nitrogens is 7. The lowest BCUT2D eigenvalue weighted by molar-refractivity contribution is -0.133. The molecule has 0 spiro atoms. The summed E-state index contributed by atoms with van der Waals surface area (Å²) in [6, 6.07) is 15.2. The Morgan fingerprint density at radius 2 is 1.33 bits per heavy atom. The maximum atomic E-state index is 14.8. The average Bonchev–Trinajstić information content (AvgIpc) is 1.72. The fourth-order valence-electron chi connectivity index (χ4n) is 9.40. The van der Waals surface area contributed by atoms with E-state index in [0.717, 1.165) is 45.3 Å². The zero-order valence-electron chi connectivity index (χ0n) is 47.9. The van der Waals surface area contributed by atoms with Crippen molar-refractivity contribution in [1.82, 2.24) is 56.2 Å². The van der Waals surface area contributed by atoms with Crippen molar-refractivity contribution in [1.29, 1.82) is 0 Å². The number of carbonyl (C=O) groups is 8. The van der Waals surface area contributed by atoms with Crippen LogP contribution < -0.4 is 27.0 Å². The van der Waals surface area contributed by atoms with Crippen molar-refractivity contribution in [3.63, 3.8) is 0 Å². The lowest BCUT2D eigenvalue weighted by atomic mass is 9.90. The first-order chi connectivity index (χ1) is 43.1. The number of aliphatic hydroxyl groups excluding tert-OH is 1. The number of allylic oxidation sites excluding steroid dienone is 1. The van der Waals surface area contributed by atoms with Crippen molar-refractivity contribution >= 4 is 115 Å². The number of phenols is 1. The predicted octanol–water partition coefficient (Wildman–Crippen LogP) is 9.34. The molecule has 0 radical (unpaired) electrons. The fraction of sp³-hybridized carbons (Fsp3) is 0.230. The zero-order chi connectivity index (χ0) is 64.1. The number of aromatic hydroxyl groups is 1. The summed E-state index contributed by atoms with van der Waals surface area (Å²) in [6.45, 7) is 12.5. The molecule has 90 heavy (non-hydrogen) atoms. The minimum absolute atomic E-state index is 0.00140. The number of Topliss-reactive ketones (excluding diaryl/α,β-unsaturated/α-hetero) is 2. The SMILES string of the molecule is C=C(CC(=O)C(=C)NC(=O)c1csc(-c2ccc3c(n2)-c2csc(n2)-c2csc(n2)C(C(C)CC)NC(=O)C(Cc2ccc(O)cc2)NC(=O)c2csc(n2)C(C(O)c2ccccc2)CC(=O)c2nc(sc2C)C(CC(N)=O)NC(=O)c2csc-3n2)n1)C(=O)O. The van der Waals surface area contributed by atoms with E-state index in [4.69, 9.17) is 25.7 Å². The van der Waals surface area contributed by atoms with Crippen molar-refractivity contribution in [3.8, 4) is 49.1 Å². The number of aryl methyl sites for hydroxylation is 1. The lowest BCUT2D eigenvalue weighted by Crippen LogP contribution is -2.49. The maximum absolute atomic E-state index is 14.8. The summed E-state index contributed by atoms with van der Waals surface area (Å²) in [4.78, 5) is 142. The number of hydrogen-bond acceptors (Lipinski definition) is 23. The molecule has 0 saturated carbocycles. The first-order valence-electron chi connectivity index (χ1n) is 27.6. The molecule has 1 aliphatic heterocycles. The van der Waals surface area contributed by atoms with Gasteiger partial charge in [-0.1, -0.05) is 75.9 Å². The van der Waals surface area contributed by atoms with Gasteiger partial charge in [-0.25, -0.2) is 39.7 Å². The Balaban J connectivity index is 1.05. The molecule has 460 valence electrons. The maximum Gasteiger partial charge on any atom is 0.331 e. The molecular formula is C61H54N12O11S6. The molecule has 10 rings (SSSR count). The molecule has 1 aliphatic rings. The zero-order valence-corrected chi connectivity index (χ0v) is 52.8. The van der Waals surface area contributed by atoms with Crippen LogP contribution in [0.3, 0.4) is 0 Å². The monoisotopic (exact) mass is 1320 g/mol. The molecule has 2 aromatic carbocycles. The van der Waals surface area contributed by atoms with Gasteiger partial charge in [0.1, 0.15) is 76.7 Å². The molecule has 23 nitrogen and oxygen atoms in total. The van der Waals surface area contributed by atoms with Crippen molar-refractivity contribution in [2.45, 2.75) is 83.0 Å². The van der Waals surface area contributed by atoms with Crippen LogP contribution in [0, 0.1) is 12.8 Å². The number of carboxylic acid groups (broad SMARTS) is 1. The van der Waals surface area contributed by atoms with Gasteiger partial charge in [-0.2, -0.15) is 0 Å². The Morgan fingerprint density at radius 3 is 2.06 bits per heavy atom. The molecule has 10 bridgehead atoms. The number of ketones is 2. The average molecular weight is 1320 g/mol. The normalized spacial score (nSPS) is 17.0. The number of pyridine rings is 1. The van der Waals surface area contributed by atoms with E-state index < -0.39 is 90.1 Å². The van der Waals surface area contributed by atoms with E-state index in [0.29, 0.717) is 60.1 Å². The summed E-state index contributed by atoms with van der Waals surface area (Å²) in [5.74, 6) is -7.35. The highest BCUT2D eigenvalue weighted by Gasteiger charge is 2.35. The number of aliphatic hydroxyl groups is 1. The van der Waals surface area contributed by atoms with Crippen LogP contribution in [-0.4, -0.2) is 103 Å². The van der Waals surface area contributed by atoms with E-state index in [2.05, 4.69) is 49.4 Å². The van der Waals surface area contributed by atoms with Gasteiger partial charge in [0.25, 0.3) is 17.7 Å². The van der Waals surface area contributed by atoms with Gasteiger partial charge in [0.05, 0.1) is 41.0 Å². The molecule has 6 atom stereocenters. The van der Waals surface area contributed by atoms with E-state index in [1.54, 1.807) is 66.9 Å². The molecule has 0 fully saturated rings. The van der Waals surface area contributed by atoms with E-state index in [1.165, 1.54) is 50.9 Å². The molecule has 8 heterocycles. The van der Waals surface area contributed by atoms with Gasteiger partial charge in [0, 0.05) is 68.1 Å². The summed E-state index contributed by atoms with van der Waals surface area (Å²) in [5, 5.41) is 52.7. The number of carbonyl (C=O) groups excluding carboxylic acids is 7. The van der Waals surface area contributed by atoms with Crippen molar-refractivity contribution < 1.29 is 53.7 Å². The minimum atomic E-state index is -1.37. The first kappa shape index (κ1) is 63.8. The standard InChI is InChI=1S/C61H54N12O11S6/c1-6-27(2)47-60-71-43(26-89-60)58-67-39(22-87-58)49-34(16-17-36(64-49)57-70-40(25-88-57)52(80)63-29(4)44(75)18-28(3)61(83)84)55-68-42(23-85-55)54(82)66-38(21-46(62)77)59-73-48(30(5)90-59)45(76)20-35(50(78)32-10-8-7-9-11-32)56-69-41(24-86-56)53(81)65-37(51(79)72-47)19-31-12-14-33(74)15-13-31/h7-17,22-27,35,37-38,47,50,74,78H,3-4,6,18-21H2,1-2,5H3,(H2,62,77)(H,63,80)(H,65,81)(H,66,82)(H,72,79)(H,83,84). The number of nitrogens with zero attached hydrogens (tertiary/aromatic N) is 7. The number of carboxylic acids is 1. The third kappa shape index (κ3) is 14.6. The van der Waals surface area contributed by atoms with Crippen LogP contribution in [0.4, 0.5) is 0 Å². The van der Waals surface area contributed by atoms with Gasteiger partial charge in [0.15, 0.2) is 11.6 Å². The van der Waals surface area contributed by atoms with E-state index in [1.807, 2.05) is 19.2 Å². The molecule has 9 N–H and O–H groups in total. The molecule has 0 saturated heterocycles. The molecule has 0 aliphatic carbocycles. The lowest BCUT2D eigenvalue weighted by Gasteiger charge is -2.26. The number of rotatable bonds is 15. The van der Waals surface area contributed by atoms with E-state index in [-0.39, 0.29) is 79.3 Å². The number of phenolic OH excluding ortho intramolecular Hbond substituents is 1. The number of amides is 5. The quantitative estimate of drug-likeness (QED) is 0.0443. The van der Waals surface area contributed by atoms with Gasteiger partial charge in [0.2, 0.25) is 11.8 Å². The Labute approximate surface area is 537 Å². The third-order valence-electron chi connectivity index (χ3n) is 14.4. The molecule has 7 aromatic heterocycles. The van der Waals surface area contributed by atoms with Crippen LogP contribution >= 0.6 is 68.0 Å². The molecule has 5 amide bonds. The summed E-state index contributed by atoms with van der Waals surface area (Å²) < 4.78 is 0. The Hall–Kier alpha value is -9.23. The van der Waals surface area contributed by atoms with Crippen LogP contribution in [-0.2, 0) is 25.6 Å². The highest BCUT2D eigenvalue weighted by atomic mass is 32.1. The summed E-state index contributed by atoms with van der Waals surface area (Å²) in [6.07, 6.45) is -2.01. The van der Waals surface area contributed by atoms with Crippen molar-refractivity contribution in [2.75, 3.05) is 0 Å². The number of primary amides is 1. The third-order valence-corrected chi connectivity index (χ3v) is 20.0. The van der Waals surface area contributed by atoms with E-state index >= 15 is 0 Å². The van der Waals surface area contributed by atoms with E-state index in [9.17, 15) is 53.7 Å². The molecule has 29 heteroatoms. The summed E-state index contributed by atoms with van der Waals surface area (Å²) >= 11 is 6.85. The summed E-state index contributed by atoms with van der Waals surface area (Å²) in [5.41, 5.74) is 7.75. The van der Waals surface area contributed by atoms with Crippen LogP contribution in [0.2, 0.25) is 0 Å². The number of aliphatic carboxylic acids is 1. The summed E-state index contributed by atoms with van der Waals surface area (Å²) in [7, 11) is 0. The number of hydrogen-bond donors (Lipinski definition) is 8. The van der Waals surface area contributed by atoms with Gasteiger partial charge in [-0.05, 0) is 48.2 Å². The molecule has 9 aromatic rings. The number of nitrogens with two attached hydrogens (primary N) is 1. The molecule has 6 unspecified atom stereocenters.